The van der Waals surface area contributed by atoms with E-state index in [4.69, 9.17) is 5.26 Å². The molecule has 0 aliphatic carbocycles. The van der Waals surface area contributed by atoms with E-state index in [0.29, 0.717) is 22.5 Å². The van der Waals surface area contributed by atoms with Crippen molar-refractivity contribution in [2.75, 3.05) is 7.11 Å². The maximum absolute atomic E-state index is 12.2. The van der Waals surface area contributed by atoms with Crippen LogP contribution >= 0.6 is 0 Å². The molecule has 7 nitrogen and oxygen atoms in total. The summed E-state index contributed by atoms with van der Waals surface area (Å²) in [5.74, 6) is -0.479. The Morgan fingerprint density at radius 1 is 1.41 bits per heavy atom. The molecule has 22 heavy (non-hydrogen) atoms. The van der Waals surface area contributed by atoms with E-state index in [1.165, 1.54) is 18.0 Å². The first-order valence-electron chi connectivity index (χ1n) is 6.49. The predicted molar refractivity (Wildman–Crippen MR) is 77.4 cm³/mol. The number of nitriles is 1. The number of hydrogen-bond acceptors (Lipinski definition) is 6. The molecule has 112 valence electrons. The highest BCUT2D eigenvalue weighted by Crippen LogP contribution is 2.07. The summed E-state index contributed by atoms with van der Waals surface area (Å²) in [6.07, 6.45) is 1.37. The van der Waals surface area contributed by atoms with Crippen molar-refractivity contribution in [2.24, 2.45) is 0 Å². The fraction of sp³-hybridized carbons (Fsp3) is 0.267. The van der Waals surface area contributed by atoms with Crippen molar-refractivity contribution in [1.82, 2.24) is 14.8 Å². The number of aromatic nitrogens is 3. The first-order chi connectivity index (χ1) is 10.5. The summed E-state index contributed by atoms with van der Waals surface area (Å²) in [6.45, 7) is 3.55. The average molecular weight is 298 g/mol. The van der Waals surface area contributed by atoms with E-state index in [1.807, 2.05) is 6.07 Å². The van der Waals surface area contributed by atoms with Gasteiger partial charge in [0.2, 0.25) is 0 Å². The molecule has 0 aliphatic rings. The van der Waals surface area contributed by atoms with Crippen LogP contribution in [0, 0.1) is 25.2 Å². The minimum atomic E-state index is -0.479. The second-order valence-corrected chi connectivity index (χ2v) is 4.69. The van der Waals surface area contributed by atoms with Crippen molar-refractivity contribution in [3.8, 4) is 6.07 Å². The lowest BCUT2D eigenvalue weighted by atomic mass is 10.1. The summed E-state index contributed by atoms with van der Waals surface area (Å²) in [4.78, 5) is 27.6. The molecule has 0 bridgehead atoms. The zero-order chi connectivity index (χ0) is 16.3. The summed E-state index contributed by atoms with van der Waals surface area (Å²) < 4.78 is 5.79. The van der Waals surface area contributed by atoms with Crippen LogP contribution in [0.3, 0.4) is 0 Å². The predicted octanol–water partition coefficient (Wildman–Crippen LogP) is 0.962. The van der Waals surface area contributed by atoms with Crippen molar-refractivity contribution in [3.05, 3.63) is 56.8 Å². The van der Waals surface area contributed by atoms with Gasteiger partial charge in [-0.05, 0) is 31.5 Å². The summed E-state index contributed by atoms with van der Waals surface area (Å²) in [7, 11) is 1.29. The Bertz CT molecular complexity index is 816. The summed E-state index contributed by atoms with van der Waals surface area (Å²) in [5.41, 5.74) is 1.70. The highest BCUT2D eigenvalue weighted by molar-refractivity contribution is 5.88. The molecule has 7 heteroatoms. The quantitative estimate of drug-likeness (QED) is 0.783. The molecular weight excluding hydrogens is 284 g/mol. The van der Waals surface area contributed by atoms with Gasteiger partial charge >= 0.3 is 5.97 Å². The van der Waals surface area contributed by atoms with Gasteiger partial charge in [-0.3, -0.25) is 9.78 Å². The van der Waals surface area contributed by atoms with Crippen LogP contribution in [-0.4, -0.2) is 27.8 Å². The Balaban J connectivity index is 2.36. The summed E-state index contributed by atoms with van der Waals surface area (Å²) >= 11 is 0. The van der Waals surface area contributed by atoms with Crippen LogP contribution in [-0.2, 0) is 11.3 Å². The van der Waals surface area contributed by atoms with Gasteiger partial charge in [-0.1, -0.05) is 0 Å². The molecule has 2 aromatic heterocycles. The first kappa shape index (κ1) is 15.4. The van der Waals surface area contributed by atoms with Crippen molar-refractivity contribution in [1.29, 1.82) is 5.26 Å². The number of carbonyl (C=O) groups is 1. The number of aryl methyl sites for hydroxylation is 1. The van der Waals surface area contributed by atoms with Crippen molar-refractivity contribution < 1.29 is 9.53 Å². The van der Waals surface area contributed by atoms with Crippen LogP contribution in [0.2, 0.25) is 0 Å². The van der Waals surface area contributed by atoms with E-state index in [2.05, 4.69) is 14.8 Å². The molecule has 0 radical (unpaired) electrons. The molecule has 2 rings (SSSR count). The Hall–Kier alpha value is -3.01. The van der Waals surface area contributed by atoms with E-state index >= 15 is 0 Å². The van der Waals surface area contributed by atoms with Gasteiger partial charge in [-0.15, -0.1) is 0 Å². The van der Waals surface area contributed by atoms with Crippen LogP contribution in [0.5, 0.6) is 0 Å². The minimum Gasteiger partial charge on any atom is -0.465 e. The van der Waals surface area contributed by atoms with E-state index in [1.54, 1.807) is 26.0 Å². The number of hydrogen-bond donors (Lipinski definition) is 0. The van der Waals surface area contributed by atoms with Crippen molar-refractivity contribution >= 4 is 5.97 Å². The fourth-order valence-corrected chi connectivity index (χ4v) is 1.92. The summed E-state index contributed by atoms with van der Waals surface area (Å²) in [6, 6.07) is 5.08. The van der Waals surface area contributed by atoms with E-state index in [9.17, 15) is 9.59 Å². The van der Waals surface area contributed by atoms with Crippen LogP contribution in [0.1, 0.15) is 32.9 Å². The highest BCUT2D eigenvalue weighted by atomic mass is 16.5. The number of nitrogens with zero attached hydrogens (tertiary/aromatic N) is 4. The molecule has 0 N–H and O–H groups in total. The number of ether oxygens (including phenoxy) is 1. The number of pyridine rings is 1. The third-order valence-corrected chi connectivity index (χ3v) is 3.31. The molecule has 0 saturated heterocycles. The smallest absolute Gasteiger partial charge is 0.339 e. The number of rotatable bonds is 3. The molecule has 0 saturated carbocycles. The number of carbonyl (C=O) groups excluding carboxylic acids is 1. The minimum absolute atomic E-state index is 0.0821. The molecular formula is C15H14N4O3. The molecule has 0 unspecified atom stereocenters. The third-order valence-electron chi connectivity index (χ3n) is 3.31. The number of methoxy groups -OCH3 is 1. The van der Waals surface area contributed by atoms with Gasteiger partial charge in [0, 0.05) is 6.20 Å². The zero-order valence-electron chi connectivity index (χ0n) is 12.5. The monoisotopic (exact) mass is 298 g/mol. The van der Waals surface area contributed by atoms with Gasteiger partial charge in [0.05, 0.1) is 30.6 Å². The Kier molecular flexibility index (Phi) is 4.32. The average Bonchev–Trinajstić information content (AvgIpc) is 2.53. The lowest BCUT2D eigenvalue weighted by Gasteiger charge is -2.08. The van der Waals surface area contributed by atoms with Gasteiger partial charge in [-0.2, -0.15) is 10.4 Å². The van der Waals surface area contributed by atoms with Gasteiger partial charge in [0.1, 0.15) is 11.6 Å². The Morgan fingerprint density at radius 2 is 2.14 bits per heavy atom. The molecule has 0 atom stereocenters. The maximum atomic E-state index is 12.2. The molecule has 0 fully saturated rings. The topological polar surface area (TPSA) is 97.9 Å². The summed E-state index contributed by atoms with van der Waals surface area (Å²) in [5, 5.41) is 13.3. The normalized spacial score (nSPS) is 10.1. The fourth-order valence-electron chi connectivity index (χ4n) is 1.92. The second-order valence-electron chi connectivity index (χ2n) is 4.69. The Morgan fingerprint density at radius 3 is 2.68 bits per heavy atom. The molecule has 0 aromatic carbocycles. The van der Waals surface area contributed by atoms with Gasteiger partial charge in [0.15, 0.2) is 0 Å². The van der Waals surface area contributed by atoms with Crippen LogP contribution in [0.25, 0.3) is 0 Å². The van der Waals surface area contributed by atoms with Gasteiger partial charge in [0.25, 0.3) is 5.56 Å². The SMILES string of the molecule is COC(=O)c1ccc(Cn2nc(C)c(C)c(C#N)c2=O)nc1. The third kappa shape index (κ3) is 2.86. The van der Waals surface area contributed by atoms with E-state index < -0.39 is 11.5 Å². The molecule has 0 aliphatic heterocycles. The lowest BCUT2D eigenvalue weighted by molar-refractivity contribution is 0.0600. The van der Waals surface area contributed by atoms with Crippen molar-refractivity contribution in [2.45, 2.75) is 20.4 Å². The van der Waals surface area contributed by atoms with Gasteiger partial charge in [-0.25, -0.2) is 9.48 Å². The van der Waals surface area contributed by atoms with Crippen molar-refractivity contribution in [3.63, 3.8) is 0 Å². The lowest BCUT2D eigenvalue weighted by Crippen LogP contribution is -2.28. The number of esters is 1. The van der Waals surface area contributed by atoms with Crippen LogP contribution < -0.4 is 5.56 Å². The van der Waals surface area contributed by atoms with Gasteiger partial charge < -0.3 is 4.74 Å². The molecule has 2 aromatic rings. The standard InChI is InChI=1S/C15H14N4O3/c1-9-10(2)18-19(14(20)13(9)6-16)8-12-5-4-11(7-17-12)15(21)22-3/h4-5,7H,8H2,1-3H3. The molecule has 0 spiro atoms. The van der Waals surface area contributed by atoms with Crippen LogP contribution in [0.15, 0.2) is 23.1 Å². The molecule has 0 amide bonds. The molecule has 2 heterocycles. The Labute approximate surface area is 126 Å². The first-order valence-corrected chi connectivity index (χ1v) is 6.49. The highest BCUT2D eigenvalue weighted by Gasteiger charge is 2.12. The largest absolute Gasteiger partial charge is 0.465 e. The van der Waals surface area contributed by atoms with E-state index in [-0.39, 0.29) is 12.1 Å². The van der Waals surface area contributed by atoms with Crippen LogP contribution in [0.4, 0.5) is 0 Å². The van der Waals surface area contributed by atoms with E-state index in [0.717, 1.165) is 0 Å². The zero-order valence-corrected chi connectivity index (χ0v) is 12.5. The maximum Gasteiger partial charge on any atom is 0.339 e. The second kappa shape index (κ2) is 6.18.